The number of aliphatic hydroxyl groups excluding tert-OH is 1. The fourth-order valence-corrected chi connectivity index (χ4v) is 7.57. The van der Waals surface area contributed by atoms with Crippen LogP contribution in [0.25, 0.3) is 21.6 Å². The van der Waals surface area contributed by atoms with Crippen molar-refractivity contribution in [2.45, 2.75) is 76.3 Å². The second-order valence-electron chi connectivity index (χ2n) is 13.4. The Kier molecular flexibility index (Phi) is 8.61. The van der Waals surface area contributed by atoms with E-state index >= 15 is 0 Å². The van der Waals surface area contributed by atoms with Crippen LogP contribution in [-0.2, 0) is 24.6 Å². The number of aliphatic hydroxyl groups is 1. The number of fused-ring (bicyclic) bond motifs is 1. The molecule has 250 valence electrons. The summed E-state index contributed by atoms with van der Waals surface area (Å²) < 4.78 is 35.9. The molecule has 5 atom stereocenters. The zero-order valence-corrected chi connectivity index (χ0v) is 27.9. The summed E-state index contributed by atoms with van der Waals surface area (Å²) in [4.78, 5) is 52.6. The molecule has 3 heterocycles. The van der Waals surface area contributed by atoms with Gasteiger partial charge >= 0.3 is 10.2 Å². The van der Waals surface area contributed by atoms with E-state index in [2.05, 4.69) is 16.6 Å². The Morgan fingerprint density at radius 2 is 1.85 bits per heavy atom. The molecule has 0 spiro atoms. The Bertz CT molecular complexity index is 1820. The minimum absolute atomic E-state index is 0.0187. The molecule has 3 amide bonds. The predicted octanol–water partition coefficient (Wildman–Crippen LogP) is 2.29. The summed E-state index contributed by atoms with van der Waals surface area (Å²) in [6.45, 7) is 8.82. The van der Waals surface area contributed by atoms with Crippen molar-refractivity contribution in [2.75, 3.05) is 6.54 Å². The van der Waals surface area contributed by atoms with E-state index in [1.807, 2.05) is 46.5 Å². The fraction of sp³-hybridized carbons (Fsp3) is 0.469. The van der Waals surface area contributed by atoms with E-state index < -0.39 is 63.1 Å². The summed E-state index contributed by atoms with van der Waals surface area (Å²) in [5.41, 5.74) is -0.598. The molecular formula is C32H38N6O7S2. The van der Waals surface area contributed by atoms with Gasteiger partial charge in [-0.1, -0.05) is 45.0 Å². The van der Waals surface area contributed by atoms with E-state index in [1.165, 1.54) is 22.3 Å². The fourth-order valence-electron chi connectivity index (χ4n) is 5.70. The smallest absolute Gasteiger partial charge is 0.301 e. The van der Waals surface area contributed by atoms with Crippen molar-refractivity contribution in [1.29, 1.82) is 0 Å². The molecule has 2 saturated carbocycles. The van der Waals surface area contributed by atoms with Gasteiger partial charge in [0.25, 0.3) is 11.8 Å². The van der Waals surface area contributed by atoms with Gasteiger partial charge in [-0.05, 0) is 48.3 Å². The van der Waals surface area contributed by atoms with E-state index in [4.69, 9.17) is 14.7 Å². The normalized spacial score (nSPS) is 24.9. The van der Waals surface area contributed by atoms with Gasteiger partial charge in [-0.2, -0.15) is 13.1 Å². The van der Waals surface area contributed by atoms with Crippen molar-refractivity contribution >= 4 is 50.3 Å². The Morgan fingerprint density at radius 1 is 1.15 bits per heavy atom. The highest BCUT2D eigenvalue weighted by atomic mass is 32.2. The van der Waals surface area contributed by atoms with Crippen LogP contribution in [0.5, 0.6) is 5.88 Å². The van der Waals surface area contributed by atoms with E-state index in [1.54, 1.807) is 20.8 Å². The summed E-state index contributed by atoms with van der Waals surface area (Å²) in [5, 5.41) is 15.6. The number of para-hydroxylation sites is 2. The van der Waals surface area contributed by atoms with Gasteiger partial charge < -0.3 is 20.1 Å². The largest absolute Gasteiger partial charge is 0.471 e. The van der Waals surface area contributed by atoms with Gasteiger partial charge in [-0.25, -0.2) is 14.7 Å². The summed E-state index contributed by atoms with van der Waals surface area (Å²) in [6.07, 6.45) is 0.843. The van der Waals surface area contributed by atoms with Crippen molar-refractivity contribution in [3.8, 4) is 16.5 Å². The number of amides is 3. The second-order valence-corrected chi connectivity index (χ2v) is 15.8. The van der Waals surface area contributed by atoms with Crippen LogP contribution in [0.2, 0.25) is 0 Å². The van der Waals surface area contributed by atoms with Crippen LogP contribution in [0.4, 0.5) is 0 Å². The Morgan fingerprint density at radius 3 is 2.45 bits per heavy atom. The zero-order valence-electron chi connectivity index (χ0n) is 26.3. The number of nitrogens with zero attached hydrogens (tertiary/aromatic N) is 3. The highest BCUT2D eigenvalue weighted by Crippen LogP contribution is 2.45. The summed E-state index contributed by atoms with van der Waals surface area (Å²) >= 11 is 1.47. The molecule has 6 rings (SSSR count). The maximum Gasteiger partial charge on any atom is 0.301 e. The van der Waals surface area contributed by atoms with Crippen molar-refractivity contribution < 1.29 is 32.6 Å². The molecule has 3 fully saturated rings. The molecule has 2 aromatic heterocycles. The molecule has 47 heavy (non-hydrogen) atoms. The first-order valence-corrected chi connectivity index (χ1v) is 17.8. The van der Waals surface area contributed by atoms with Crippen molar-refractivity contribution in [3.05, 3.63) is 54.4 Å². The number of thiophene rings is 1. The van der Waals surface area contributed by atoms with Gasteiger partial charge in [0.05, 0.1) is 22.5 Å². The molecule has 4 N–H and O–H groups in total. The van der Waals surface area contributed by atoms with Crippen LogP contribution in [0.1, 0.15) is 46.5 Å². The number of likely N-dealkylation sites (tertiary alicyclic amines) is 1. The average molecular weight is 683 g/mol. The molecule has 1 aromatic carbocycles. The Labute approximate surface area is 277 Å². The monoisotopic (exact) mass is 682 g/mol. The first-order valence-electron chi connectivity index (χ1n) is 15.5. The zero-order chi connectivity index (χ0) is 33.7. The highest BCUT2D eigenvalue weighted by Gasteiger charge is 2.61. The van der Waals surface area contributed by atoms with E-state index in [0.717, 1.165) is 4.88 Å². The lowest BCUT2D eigenvalue weighted by atomic mass is 9.88. The van der Waals surface area contributed by atoms with Gasteiger partial charge in [0.15, 0.2) is 0 Å². The first-order chi connectivity index (χ1) is 22.2. The third-order valence-electron chi connectivity index (χ3n) is 8.65. The minimum Gasteiger partial charge on any atom is -0.471 e. The van der Waals surface area contributed by atoms with Gasteiger partial charge in [-0.3, -0.25) is 14.4 Å². The van der Waals surface area contributed by atoms with Gasteiger partial charge in [0.1, 0.15) is 29.5 Å². The number of ether oxygens (including phenoxy) is 1. The maximum absolute atomic E-state index is 14.0. The topological polar surface area (TPSA) is 180 Å². The highest BCUT2D eigenvalue weighted by molar-refractivity contribution is 7.88. The molecule has 1 aliphatic heterocycles. The number of carbonyl (C=O) groups excluding carboxylic acids is 3. The number of rotatable bonds is 11. The van der Waals surface area contributed by atoms with Crippen LogP contribution in [-0.4, -0.2) is 82.5 Å². The third kappa shape index (κ3) is 6.89. The van der Waals surface area contributed by atoms with Crippen molar-refractivity contribution in [2.24, 2.45) is 11.3 Å². The molecule has 13 nitrogen and oxygen atoms in total. The molecular weight excluding hydrogens is 645 g/mol. The number of hydrogen-bond donors (Lipinski definition) is 4. The SMILES string of the molecule is C=C[C@@H]1C[C@]1(NC(=O)[C@@H]1C[C@@H](Oc2nc3ccccc3nc2-c2cccs2)CN1C(=O)[C@@H](O)C(C)(C)C)C(=O)NS(=O)(=O)NC1CC1. The maximum atomic E-state index is 14.0. The molecule has 1 saturated heterocycles. The standard InChI is InChI=1S/C32H38N6O7S2/c1-5-18-16-32(18,30(42)37-47(43,44)36-19-12-13-19)35-27(40)23-15-20(17-38(23)29(41)26(39)31(2,3)4)45-28-25(24-11-8-14-46-24)33-21-9-6-7-10-22(21)34-28/h5-11,14,18-20,23,26,36,39H,1,12-13,15-17H2,2-4H3,(H,35,40)(H,37,42)/t18-,20-,23+,26-,32-/m1/s1. The summed E-state index contributed by atoms with van der Waals surface area (Å²) in [6, 6.07) is 9.78. The van der Waals surface area contributed by atoms with Gasteiger partial charge in [0, 0.05) is 18.4 Å². The van der Waals surface area contributed by atoms with E-state index in [0.29, 0.717) is 29.6 Å². The van der Waals surface area contributed by atoms with Crippen molar-refractivity contribution in [3.63, 3.8) is 0 Å². The molecule has 0 bridgehead atoms. The first kappa shape index (κ1) is 33.0. The Hall–Kier alpha value is -3.92. The average Bonchev–Trinajstić information content (AvgIpc) is 3.83. The van der Waals surface area contributed by atoms with E-state index in [9.17, 15) is 27.9 Å². The number of aromatic nitrogens is 2. The van der Waals surface area contributed by atoms with Crippen LogP contribution < -0.4 is 19.5 Å². The lowest BCUT2D eigenvalue weighted by Gasteiger charge is -2.32. The lowest BCUT2D eigenvalue weighted by molar-refractivity contribution is -0.150. The number of carbonyl (C=O) groups is 3. The minimum atomic E-state index is -4.15. The van der Waals surface area contributed by atoms with E-state index in [-0.39, 0.29) is 31.3 Å². The van der Waals surface area contributed by atoms with Crippen LogP contribution in [0.3, 0.4) is 0 Å². The molecule has 2 aliphatic carbocycles. The molecule has 3 aromatic rings. The quantitative estimate of drug-likeness (QED) is 0.221. The molecule has 0 unspecified atom stereocenters. The number of hydrogen-bond acceptors (Lipinski definition) is 10. The second kappa shape index (κ2) is 12.3. The van der Waals surface area contributed by atoms with Crippen LogP contribution in [0.15, 0.2) is 54.4 Å². The summed E-state index contributed by atoms with van der Waals surface area (Å²) in [7, 11) is -4.15. The third-order valence-corrected chi connectivity index (χ3v) is 10.6. The van der Waals surface area contributed by atoms with Crippen LogP contribution in [0, 0.1) is 11.3 Å². The van der Waals surface area contributed by atoms with Crippen molar-refractivity contribution in [1.82, 2.24) is 29.6 Å². The van der Waals surface area contributed by atoms with Crippen LogP contribution >= 0.6 is 11.3 Å². The molecule has 0 radical (unpaired) electrons. The van der Waals surface area contributed by atoms with Gasteiger partial charge in [0.2, 0.25) is 11.8 Å². The predicted molar refractivity (Wildman–Crippen MR) is 175 cm³/mol. The number of benzene rings is 1. The summed E-state index contributed by atoms with van der Waals surface area (Å²) in [5.74, 6) is -2.53. The molecule has 15 heteroatoms. The number of nitrogens with one attached hydrogen (secondary N) is 3. The molecule has 3 aliphatic rings. The lowest BCUT2D eigenvalue weighted by Crippen LogP contribution is -2.58. The Balaban J connectivity index is 1.27. The van der Waals surface area contributed by atoms with Gasteiger partial charge in [-0.15, -0.1) is 17.9 Å².